The van der Waals surface area contributed by atoms with E-state index in [1.807, 2.05) is 13.0 Å². The molecule has 0 unspecified atom stereocenters. The van der Waals surface area contributed by atoms with Gasteiger partial charge in [0.2, 0.25) is 0 Å². The molecule has 1 heterocycles. The third kappa shape index (κ3) is 4.39. The Morgan fingerprint density at radius 2 is 1.93 bits per heavy atom. The zero-order valence-electron chi connectivity index (χ0n) is 16.9. The molecule has 0 fully saturated rings. The fraction of sp³-hybridized carbons (Fsp3) is 0.364. The number of amides is 1. The lowest BCUT2D eigenvalue weighted by molar-refractivity contribution is -0.894. The second kappa shape index (κ2) is 8.80. The van der Waals surface area contributed by atoms with Gasteiger partial charge in [-0.05, 0) is 63.1 Å². The van der Waals surface area contributed by atoms with Crippen LogP contribution in [0.5, 0.6) is 0 Å². The molecule has 0 aliphatic rings. The average molecular weight is 401 g/mol. The van der Waals surface area contributed by atoms with E-state index in [0.29, 0.717) is 17.2 Å². The van der Waals surface area contributed by atoms with Crippen molar-refractivity contribution in [3.05, 3.63) is 58.9 Å². The van der Waals surface area contributed by atoms with Crippen LogP contribution in [-0.2, 0) is 0 Å². The number of halogens is 1. The number of likely N-dealkylation sites (N-methyl/N-ethyl adjacent to an activating group) is 1. The lowest BCUT2D eigenvalue weighted by Crippen LogP contribution is -3.12. The van der Waals surface area contributed by atoms with E-state index in [2.05, 4.69) is 26.8 Å². The number of carbonyl (C=O) groups is 1. The van der Waals surface area contributed by atoms with Gasteiger partial charge in [-0.2, -0.15) is 0 Å². The Kier molecular flexibility index (Phi) is 6.42. The van der Waals surface area contributed by atoms with E-state index in [4.69, 9.17) is 4.98 Å². The zero-order valence-corrected chi connectivity index (χ0v) is 17.7. The molecule has 0 aliphatic heterocycles. The van der Waals surface area contributed by atoms with Gasteiger partial charge in [-0.25, -0.2) is 9.37 Å². The standard InChI is InChI=1S/C22H26FN3OS/c1-5-25(6-2)10-11-26(21(27)17-8-7-9-18(23)14-17)22-24-19-13-15(3)12-16(4)20(19)28-22/h7-9,12-14H,5-6,10-11H2,1-4H3/p+1. The first-order chi connectivity index (χ1) is 13.4. The molecule has 0 saturated heterocycles. The molecule has 28 heavy (non-hydrogen) atoms. The highest BCUT2D eigenvalue weighted by Crippen LogP contribution is 2.32. The summed E-state index contributed by atoms with van der Waals surface area (Å²) < 4.78 is 14.8. The number of hydrogen-bond acceptors (Lipinski definition) is 3. The summed E-state index contributed by atoms with van der Waals surface area (Å²) in [6.07, 6.45) is 0. The third-order valence-electron chi connectivity index (χ3n) is 5.05. The number of fused-ring (bicyclic) bond motifs is 1. The zero-order chi connectivity index (χ0) is 20.3. The van der Waals surface area contributed by atoms with E-state index >= 15 is 0 Å². The summed E-state index contributed by atoms with van der Waals surface area (Å²) in [4.78, 5) is 21.1. The predicted octanol–water partition coefficient (Wildman–Crippen LogP) is 3.62. The monoisotopic (exact) mass is 400 g/mol. The quantitative estimate of drug-likeness (QED) is 0.658. The highest BCUT2D eigenvalue weighted by molar-refractivity contribution is 7.22. The summed E-state index contributed by atoms with van der Waals surface area (Å²) in [6, 6.07) is 10.0. The van der Waals surface area contributed by atoms with E-state index in [9.17, 15) is 9.18 Å². The molecule has 1 aromatic heterocycles. The summed E-state index contributed by atoms with van der Waals surface area (Å²) >= 11 is 1.53. The minimum atomic E-state index is -0.407. The molecule has 0 saturated carbocycles. The molecule has 148 valence electrons. The van der Waals surface area contributed by atoms with Crippen LogP contribution in [0.4, 0.5) is 9.52 Å². The fourth-order valence-electron chi connectivity index (χ4n) is 3.42. The lowest BCUT2D eigenvalue weighted by Gasteiger charge is -2.23. The number of hydrogen-bond donors (Lipinski definition) is 1. The Morgan fingerprint density at radius 3 is 2.61 bits per heavy atom. The van der Waals surface area contributed by atoms with Crippen LogP contribution in [0.25, 0.3) is 10.2 Å². The van der Waals surface area contributed by atoms with Crippen molar-refractivity contribution in [2.24, 2.45) is 0 Å². The van der Waals surface area contributed by atoms with Crippen LogP contribution < -0.4 is 9.80 Å². The predicted molar refractivity (Wildman–Crippen MR) is 114 cm³/mol. The van der Waals surface area contributed by atoms with Crippen LogP contribution >= 0.6 is 11.3 Å². The average Bonchev–Trinajstić information content (AvgIpc) is 3.09. The summed E-state index contributed by atoms with van der Waals surface area (Å²) in [5, 5.41) is 0.671. The minimum Gasteiger partial charge on any atom is -0.334 e. The van der Waals surface area contributed by atoms with Crippen LogP contribution in [0, 0.1) is 19.7 Å². The van der Waals surface area contributed by atoms with E-state index in [-0.39, 0.29) is 5.91 Å². The minimum absolute atomic E-state index is 0.209. The maximum absolute atomic E-state index is 13.7. The summed E-state index contributed by atoms with van der Waals surface area (Å²) in [5.74, 6) is -0.615. The highest BCUT2D eigenvalue weighted by atomic mass is 32.1. The molecule has 6 heteroatoms. The number of nitrogens with zero attached hydrogens (tertiary/aromatic N) is 2. The smallest absolute Gasteiger partial charge is 0.260 e. The second-order valence-electron chi connectivity index (χ2n) is 7.10. The first kappa shape index (κ1) is 20.4. The summed E-state index contributed by atoms with van der Waals surface area (Å²) in [5.41, 5.74) is 3.56. The normalized spacial score (nSPS) is 11.4. The molecule has 1 amide bonds. The maximum Gasteiger partial charge on any atom is 0.260 e. The fourth-order valence-corrected chi connectivity index (χ4v) is 4.46. The van der Waals surface area contributed by atoms with Crippen molar-refractivity contribution in [2.75, 3.05) is 31.1 Å². The Hall–Kier alpha value is -2.31. The van der Waals surface area contributed by atoms with E-state index < -0.39 is 5.82 Å². The summed E-state index contributed by atoms with van der Waals surface area (Å²) in [7, 11) is 0. The Morgan fingerprint density at radius 1 is 1.18 bits per heavy atom. The van der Waals surface area contributed by atoms with Crippen molar-refractivity contribution in [1.29, 1.82) is 0 Å². The molecule has 3 aromatic rings. The number of carbonyl (C=O) groups excluding carboxylic acids is 1. The van der Waals surface area contributed by atoms with Gasteiger partial charge in [0, 0.05) is 5.56 Å². The number of anilines is 1. The molecule has 0 radical (unpaired) electrons. The lowest BCUT2D eigenvalue weighted by atomic mass is 10.1. The van der Waals surface area contributed by atoms with Crippen molar-refractivity contribution in [1.82, 2.24) is 4.98 Å². The molecule has 0 spiro atoms. The second-order valence-corrected chi connectivity index (χ2v) is 8.08. The molecule has 0 aliphatic carbocycles. The van der Waals surface area contributed by atoms with E-state index in [0.717, 1.165) is 41.0 Å². The van der Waals surface area contributed by atoms with Gasteiger partial charge >= 0.3 is 0 Å². The topological polar surface area (TPSA) is 37.6 Å². The molecule has 0 bridgehead atoms. The van der Waals surface area contributed by atoms with Crippen molar-refractivity contribution in [3.63, 3.8) is 0 Å². The van der Waals surface area contributed by atoms with Crippen molar-refractivity contribution in [3.8, 4) is 0 Å². The number of nitrogens with one attached hydrogen (secondary N) is 1. The van der Waals surface area contributed by atoms with Crippen molar-refractivity contribution >= 4 is 32.6 Å². The van der Waals surface area contributed by atoms with Crippen molar-refractivity contribution in [2.45, 2.75) is 27.7 Å². The van der Waals surface area contributed by atoms with Gasteiger partial charge < -0.3 is 4.90 Å². The first-order valence-corrected chi connectivity index (χ1v) is 10.5. The number of aryl methyl sites for hydroxylation is 2. The molecule has 4 nitrogen and oxygen atoms in total. The largest absolute Gasteiger partial charge is 0.334 e. The number of thiazole rings is 1. The SMILES string of the molecule is CC[NH+](CC)CCN(C(=O)c1cccc(F)c1)c1nc2cc(C)cc(C)c2s1. The molecule has 0 atom stereocenters. The third-order valence-corrected chi connectivity index (χ3v) is 6.27. The van der Waals surface area contributed by atoms with Crippen LogP contribution in [-0.4, -0.2) is 37.1 Å². The Labute approximate surface area is 169 Å². The first-order valence-electron chi connectivity index (χ1n) is 9.71. The van der Waals surface area contributed by atoms with Gasteiger partial charge in [0.1, 0.15) is 5.82 Å². The maximum atomic E-state index is 13.7. The molecular weight excluding hydrogens is 373 g/mol. The van der Waals surface area contributed by atoms with E-state index in [1.165, 1.54) is 28.4 Å². The number of aromatic nitrogens is 1. The molecule has 1 N–H and O–H groups in total. The van der Waals surface area contributed by atoms with Gasteiger partial charge in [0.05, 0.1) is 36.4 Å². The molecular formula is C22H27FN3OS+. The number of rotatable bonds is 7. The van der Waals surface area contributed by atoms with E-state index in [1.54, 1.807) is 17.0 Å². The van der Waals surface area contributed by atoms with Gasteiger partial charge in [-0.1, -0.05) is 23.5 Å². The van der Waals surface area contributed by atoms with Crippen LogP contribution in [0.3, 0.4) is 0 Å². The van der Waals surface area contributed by atoms with Gasteiger partial charge in [-0.15, -0.1) is 0 Å². The Balaban J connectivity index is 2.00. The number of quaternary nitrogens is 1. The van der Waals surface area contributed by atoms with Crippen LogP contribution in [0.2, 0.25) is 0 Å². The number of benzene rings is 2. The highest BCUT2D eigenvalue weighted by Gasteiger charge is 2.23. The molecule has 2 aromatic carbocycles. The molecule has 3 rings (SSSR count). The Bertz CT molecular complexity index is 981. The van der Waals surface area contributed by atoms with Gasteiger partial charge in [-0.3, -0.25) is 9.69 Å². The summed E-state index contributed by atoms with van der Waals surface area (Å²) in [6.45, 7) is 11.8. The van der Waals surface area contributed by atoms with Gasteiger partial charge in [0.25, 0.3) is 5.91 Å². The van der Waals surface area contributed by atoms with Crippen LogP contribution in [0.15, 0.2) is 36.4 Å². The van der Waals surface area contributed by atoms with Crippen molar-refractivity contribution < 1.29 is 14.1 Å². The van der Waals surface area contributed by atoms with Gasteiger partial charge in [0.15, 0.2) is 5.13 Å². The van der Waals surface area contributed by atoms with Crippen LogP contribution in [0.1, 0.15) is 35.3 Å².